The van der Waals surface area contributed by atoms with E-state index in [2.05, 4.69) is 25.6 Å². The fraction of sp³-hybridized carbons (Fsp3) is 0.455. The van der Waals surface area contributed by atoms with Gasteiger partial charge in [0, 0.05) is 12.1 Å². The Kier molecular flexibility index (Phi) is 4.61. The van der Waals surface area contributed by atoms with Crippen molar-refractivity contribution in [1.29, 1.82) is 0 Å². The number of nitrogens with two attached hydrogens (primary N) is 2. The summed E-state index contributed by atoms with van der Waals surface area (Å²) in [6.07, 6.45) is 3.23. The maximum Gasteiger partial charge on any atom is 0.124 e. The molecule has 0 saturated heterocycles. The smallest absolute Gasteiger partial charge is 0.124 e. The molecule has 8 nitrogen and oxygen atoms in total. The van der Waals surface area contributed by atoms with E-state index in [1.165, 1.54) is 0 Å². The largest absolute Gasteiger partial charge is 0.384 e. The minimum Gasteiger partial charge on any atom is -0.384 e. The predicted molar refractivity (Wildman–Crippen MR) is 78.0 cm³/mol. The average Bonchev–Trinajstić information content (AvgIpc) is 2.97. The first kappa shape index (κ1) is 14.8. The van der Waals surface area contributed by atoms with Gasteiger partial charge in [-0.25, -0.2) is 5.43 Å². The van der Waals surface area contributed by atoms with Crippen LogP contribution in [0.5, 0.6) is 0 Å². The molecule has 9 heteroatoms. The highest BCUT2D eigenvalue weighted by molar-refractivity contribution is 6.31. The van der Waals surface area contributed by atoms with Gasteiger partial charge in [0.25, 0.3) is 0 Å². The van der Waals surface area contributed by atoms with E-state index in [0.29, 0.717) is 17.4 Å². The van der Waals surface area contributed by atoms with Crippen LogP contribution in [0.1, 0.15) is 17.3 Å². The summed E-state index contributed by atoms with van der Waals surface area (Å²) in [5.41, 5.74) is 10.1. The number of aromatic nitrogens is 4. The van der Waals surface area contributed by atoms with Crippen LogP contribution in [0.4, 0.5) is 5.82 Å². The normalized spacial score (nSPS) is 13.1. The van der Waals surface area contributed by atoms with Crippen molar-refractivity contribution in [3.63, 3.8) is 0 Å². The number of rotatable bonds is 6. The van der Waals surface area contributed by atoms with Crippen molar-refractivity contribution in [1.82, 2.24) is 30.3 Å². The van der Waals surface area contributed by atoms with Gasteiger partial charge in [-0.3, -0.25) is 15.6 Å². The van der Waals surface area contributed by atoms with Crippen molar-refractivity contribution in [2.45, 2.75) is 12.6 Å². The van der Waals surface area contributed by atoms with E-state index in [-0.39, 0.29) is 6.04 Å². The second-order valence-corrected chi connectivity index (χ2v) is 5.15. The first-order chi connectivity index (χ1) is 9.54. The van der Waals surface area contributed by atoms with Crippen molar-refractivity contribution in [3.05, 3.63) is 28.7 Å². The van der Waals surface area contributed by atoms with E-state index in [1.807, 2.05) is 18.8 Å². The molecular weight excluding hydrogens is 280 g/mol. The molecule has 0 aliphatic heterocycles. The number of hydrogen-bond donors (Lipinski definition) is 4. The number of nitrogens with one attached hydrogen (secondary N) is 2. The van der Waals surface area contributed by atoms with Gasteiger partial charge < -0.3 is 10.6 Å². The van der Waals surface area contributed by atoms with Gasteiger partial charge in [-0.2, -0.15) is 10.2 Å². The number of hydrazine groups is 1. The molecule has 0 spiro atoms. The maximum atomic E-state index is 6.24. The van der Waals surface area contributed by atoms with Gasteiger partial charge in [0.2, 0.25) is 0 Å². The molecule has 2 heterocycles. The molecule has 1 unspecified atom stereocenters. The van der Waals surface area contributed by atoms with Crippen LogP contribution in [-0.4, -0.2) is 45.5 Å². The van der Waals surface area contributed by atoms with Crippen LogP contribution in [0.3, 0.4) is 0 Å². The summed E-state index contributed by atoms with van der Waals surface area (Å²) in [7, 11) is 4.00. The minimum absolute atomic E-state index is 0.370. The molecule has 0 amide bonds. The number of aromatic amines is 1. The van der Waals surface area contributed by atoms with E-state index < -0.39 is 0 Å². The zero-order chi connectivity index (χ0) is 14.7. The van der Waals surface area contributed by atoms with Crippen LogP contribution in [-0.2, 0) is 6.54 Å². The van der Waals surface area contributed by atoms with E-state index in [9.17, 15) is 0 Å². The summed E-state index contributed by atoms with van der Waals surface area (Å²) in [5.74, 6) is 6.11. The van der Waals surface area contributed by atoms with E-state index in [1.54, 1.807) is 12.4 Å². The third-order valence-corrected chi connectivity index (χ3v) is 3.33. The Hall–Kier alpha value is -1.61. The van der Waals surface area contributed by atoms with Crippen LogP contribution in [0.25, 0.3) is 0 Å². The Morgan fingerprint density at radius 1 is 1.50 bits per heavy atom. The lowest BCUT2D eigenvalue weighted by Gasteiger charge is -2.19. The van der Waals surface area contributed by atoms with Crippen LogP contribution in [0, 0.1) is 0 Å². The van der Waals surface area contributed by atoms with E-state index >= 15 is 0 Å². The van der Waals surface area contributed by atoms with Crippen LogP contribution in [0.2, 0.25) is 5.02 Å². The summed E-state index contributed by atoms with van der Waals surface area (Å²) in [4.78, 5) is 2.07. The highest BCUT2D eigenvalue weighted by atomic mass is 35.5. The van der Waals surface area contributed by atoms with Crippen molar-refractivity contribution in [2.75, 3.05) is 26.4 Å². The monoisotopic (exact) mass is 298 g/mol. The summed E-state index contributed by atoms with van der Waals surface area (Å²) in [6.45, 7) is 1.54. The van der Waals surface area contributed by atoms with Crippen LogP contribution in [0.15, 0.2) is 12.4 Å². The fourth-order valence-corrected chi connectivity index (χ4v) is 2.23. The zero-order valence-electron chi connectivity index (χ0n) is 11.5. The molecular formula is C11H19ClN8. The highest BCUT2D eigenvalue weighted by Gasteiger charge is 2.24. The molecule has 2 aromatic heterocycles. The lowest BCUT2D eigenvalue weighted by molar-refractivity contribution is 0.365. The van der Waals surface area contributed by atoms with E-state index in [0.717, 1.165) is 17.8 Å². The number of nitrogen functional groups attached to an aromatic ring is 1. The Labute approximate surface area is 122 Å². The Morgan fingerprint density at radius 3 is 2.80 bits per heavy atom. The summed E-state index contributed by atoms with van der Waals surface area (Å²) in [6, 6.07) is -0.370. The summed E-state index contributed by atoms with van der Waals surface area (Å²) >= 11 is 6.24. The molecule has 0 bridgehead atoms. The molecule has 2 rings (SSSR count). The lowest BCUT2D eigenvalue weighted by Crippen LogP contribution is -2.32. The lowest BCUT2D eigenvalue weighted by atomic mass is 10.1. The average molecular weight is 299 g/mol. The first-order valence-corrected chi connectivity index (χ1v) is 6.53. The quantitative estimate of drug-likeness (QED) is 0.439. The van der Waals surface area contributed by atoms with Gasteiger partial charge >= 0.3 is 0 Å². The molecule has 2 aromatic rings. The van der Waals surface area contributed by atoms with Crippen molar-refractivity contribution >= 4 is 17.4 Å². The molecule has 110 valence electrons. The number of likely N-dealkylation sites (N-methyl/N-ethyl adjacent to an activating group) is 1. The van der Waals surface area contributed by atoms with Crippen LogP contribution >= 0.6 is 11.6 Å². The number of nitrogens with zero attached hydrogens (tertiary/aromatic N) is 4. The third-order valence-electron chi connectivity index (χ3n) is 3.04. The van der Waals surface area contributed by atoms with Gasteiger partial charge in [-0.1, -0.05) is 11.6 Å². The SMILES string of the molecule is CN(C)CCn1ncc(Cl)c1C(NN)c1cn[nH]c1N. The number of H-pyrrole nitrogens is 1. The van der Waals surface area contributed by atoms with Gasteiger partial charge in [0.05, 0.1) is 35.7 Å². The molecule has 0 aliphatic carbocycles. The minimum atomic E-state index is -0.370. The Morgan fingerprint density at radius 2 is 2.25 bits per heavy atom. The standard InChI is InChI=1S/C11H19ClN8/c1-19(2)3-4-20-10(8(12)6-16-20)9(17-14)7-5-15-18-11(7)13/h5-6,9,17H,3-4,14H2,1-2H3,(H3,13,15,18). The highest BCUT2D eigenvalue weighted by Crippen LogP contribution is 2.29. The second-order valence-electron chi connectivity index (χ2n) is 4.74. The fourth-order valence-electron chi connectivity index (χ4n) is 1.98. The molecule has 20 heavy (non-hydrogen) atoms. The zero-order valence-corrected chi connectivity index (χ0v) is 12.2. The molecule has 0 aliphatic rings. The third kappa shape index (κ3) is 2.93. The Balaban J connectivity index is 2.34. The number of halogens is 1. The van der Waals surface area contributed by atoms with Crippen LogP contribution < -0.4 is 17.0 Å². The molecule has 0 radical (unpaired) electrons. The Bertz CT molecular complexity index is 561. The topological polar surface area (TPSA) is 114 Å². The van der Waals surface area contributed by atoms with Crippen molar-refractivity contribution < 1.29 is 0 Å². The molecule has 0 saturated carbocycles. The molecule has 1 atom stereocenters. The van der Waals surface area contributed by atoms with E-state index in [4.69, 9.17) is 23.2 Å². The van der Waals surface area contributed by atoms with Gasteiger partial charge in [-0.05, 0) is 14.1 Å². The number of hydrogen-bond acceptors (Lipinski definition) is 6. The number of anilines is 1. The van der Waals surface area contributed by atoms with Crippen molar-refractivity contribution in [2.24, 2.45) is 5.84 Å². The summed E-state index contributed by atoms with van der Waals surface area (Å²) < 4.78 is 1.82. The second kappa shape index (κ2) is 6.23. The molecule has 6 N–H and O–H groups in total. The summed E-state index contributed by atoms with van der Waals surface area (Å²) in [5, 5.41) is 11.4. The maximum absolute atomic E-state index is 6.24. The molecule has 0 aromatic carbocycles. The van der Waals surface area contributed by atoms with Gasteiger partial charge in [-0.15, -0.1) is 0 Å². The molecule has 0 fully saturated rings. The van der Waals surface area contributed by atoms with Crippen molar-refractivity contribution in [3.8, 4) is 0 Å². The van der Waals surface area contributed by atoms with Gasteiger partial charge in [0.1, 0.15) is 5.82 Å². The predicted octanol–water partition coefficient (Wildman–Crippen LogP) is -0.0439. The first-order valence-electron chi connectivity index (χ1n) is 6.15. The van der Waals surface area contributed by atoms with Gasteiger partial charge in [0.15, 0.2) is 0 Å².